The van der Waals surface area contributed by atoms with Gasteiger partial charge in [-0.1, -0.05) is 12.1 Å². The predicted molar refractivity (Wildman–Crippen MR) is 181 cm³/mol. The number of ether oxygens (including phenoxy) is 3. The van der Waals surface area contributed by atoms with Crippen molar-refractivity contribution in [2.75, 3.05) is 59.2 Å². The molecule has 2 saturated heterocycles. The molecule has 3 aromatic rings. The lowest BCUT2D eigenvalue weighted by molar-refractivity contribution is -0.384. The van der Waals surface area contributed by atoms with Gasteiger partial charge in [0.05, 0.1) is 52.7 Å². The Hall–Kier alpha value is -4.30. The number of carbonyl (C=O) groups is 2. The zero-order valence-electron chi connectivity index (χ0n) is 27.9. The van der Waals surface area contributed by atoms with Crippen molar-refractivity contribution in [1.29, 1.82) is 0 Å². The molecule has 18 heteroatoms. The Kier molecular flexibility index (Phi) is 11.9. The average Bonchev–Trinajstić information content (AvgIpc) is 3.13. The Morgan fingerprint density at radius 1 is 0.824 bits per heavy atom. The standard InChI is InChI=1S/C33H38N4O12S2/c1-22-3-9-26(50(43,44)35-11-15-47-16-12-35)19-28(22)32(39)34-30(31(38)24-5-7-25(8-6-24)37(41)42)21-49-33(40)29-20-27(10-4-23(29)2)51(45,46)36-13-17-48-18-14-36/h3-10,19-20,30-31,38H,11-18,21H2,1-2H3,(H,34,39)/t30-,31-/m1/s1. The zero-order valence-corrected chi connectivity index (χ0v) is 29.5. The van der Waals surface area contributed by atoms with E-state index in [1.54, 1.807) is 13.8 Å². The third-order valence-corrected chi connectivity index (χ3v) is 12.4. The van der Waals surface area contributed by atoms with Gasteiger partial charge in [-0.15, -0.1) is 0 Å². The normalized spacial score (nSPS) is 17.3. The number of nitro groups is 1. The Morgan fingerprint density at radius 2 is 1.29 bits per heavy atom. The van der Waals surface area contributed by atoms with Crippen LogP contribution in [0, 0.1) is 24.0 Å². The third-order valence-electron chi connectivity index (χ3n) is 8.64. The Bertz CT molecular complexity index is 1990. The maximum absolute atomic E-state index is 13.7. The number of nitrogens with zero attached hydrogens (tertiary/aromatic N) is 3. The molecule has 0 bridgehead atoms. The van der Waals surface area contributed by atoms with Gasteiger partial charge in [0.2, 0.25) is 20.0 Å². The molecule has 5 rings (SSSR count). The summed E-state index contributed by atoms with van der Waals surface area (Å²) < 4.78 is 71.7. The van der Waals surface area contributed by atoms with Gasteiger partial charge >= 0.3 is 5.97 Å². The van der Waals surface area contributed by atoms with Gasteiger partial charge in [-0.2, -0.15) is 8.61 Å². The number of amides is 1. The van der Waals surface area contributed by atoms with Crippen molar-refractivity contribution >= 4 is 37.6 Å². The Morgan fingerprint density at radius 3 is 1.78 bits per heavy atom. The smallest absolute Gasteiger partial charge is 0.338 e. The third kappa shape index (κ3) is 8.61. The van der Waals surface area contributed by atoms with Gasteiger partial charge < -0.3 is 24.6 Å². The molecule has 16 nitrogen and oxygen atoms in total. The molecule has 0 radical (unpaired) electrons. The maximum atomic E-state index is 13.7. The lowest BCUT2D eigenvalue weighted by atomic mass is 10.0. The van der Waals surface area contributed by atoms with Gasteiger partial charge in [0.15, 0.2) is 0 Å². The van der Waals surface area contributed by atoms with E-state index in [-0.39, 0.29) is 84.8 Å². The first-order chi connectivity index (χ1) is 24.2. The number of esters is 1. The number of hydrogen-bond acceptors (Lipinski definition) is 12. The number of rotatable bonds is 12. The minimum absolute atomic E-state index is 0.0200. The number of sulfonamides is 2. The predicted octanol–water partition coefficient (Wildman–Crippen LogP) is 1.94. The van der Waals surface area contributed by atoms with Gasteiger partial charge in [-0.05, 0) is 66.9 Å². The summed E-state index contributed by atoms with van der Waals surface area (Å²) in [4.78, 5) is 37.5. The van der Waals surface area contributed by atoms with Crippen LogP contribution in [0.5, 0.6) is 0 Å². The van der Waals surface area contributed by atoms with Gasteiger partial charge in [0, 0.05) is 43.9 Å². The first-order valence-corrected chi connectivity index (χ1v) is 18.9. The van der Waals surface area contributed by atoms with Gasteiger partial charge in [0.1, 0.15) is 12.7 Å². The molecule has 2 N–H and O–H groups in total. The topological polar surface area (TPSA) is 212 Å². The van der Waals surface area contributed by atoms with Crippen LogP contribution in [0.2, 0.25) is 0 Å². The Labute approximate surface area is 295 Å². The molecule has 0 spiro atoms. The molecule has 2 aliphatic rings. The van der Waals surface area contributed by atoms with E-state index < -0.39 is 55.6 Å². The fourth-order valence-electron chi connectivity index (χ4n) is 5.59. The molecule has 0 saturated carbocycles. The van der Waals surface area contributed by atoms with Crippen molar-refractivity contribution in [2.45, 2.75) is 35.8 Å². The van der Waals surface area contributed by atoms with Crippen LogP contribution in [-0.4, -0.2) is 113 Å². The number of aliphatic hydroxyl groups excluding tert-OH is 1. The summed E-state index contributed by atoms with van der Waals surface area (Å²) in [5.41, 5.74) is 0.658. The van der Waals surface area contributed by atoms with Gasteiger partial charge in [-0.25, -0.2) is 21.6 Å². The first kappa shape index (κ1) is 37.9. The van der Waals surface area contributed by atoms with Crippen molar-refractivity contribution in [3.8, 4) is 0 Å². The number of carbonyl (C=O) groups excluding carboxylic acids is 2. The highest BCUT2D eigenvalue weighted by molar-refractivity contribution is 7.89. The van der Waals surface area contributed by atoms with Gasteiger partial charge in [0.25, 0.3) is 11.6 Å². The van der Waals surface area contributed by atoms with E-state index in [1.165, 1.54) is 57.1 Å². The summed E-state index contributed by atoms with van der Waals surface area (Å²) in [6.07, 6.45) is -1.56. The van der Waals surface area contributed by atoms with E-state index >= 15 is 0 Å². The van der Waals surface area contributed by atoms with Crippen molar-refractivity contribution in [2.24, 2.45) is 0 Å². The lowest BCUT2D eigenvalue weighted by Gasteiger charge is -2.27. The van der Waals surface area contributed by atoms with Crippen LogP contribution in [0.3, 0.4) is 0 Å². The van der Waals surface area contributed by atoms with E-state index in [0.717, 1.165) is 12.1 Å². The largest absolute Gasteiger partial charge is 0.460 e. The molecule has 2 fully saturated rings. The zero-order chi connectivity index (χ0) is 36.9. The number of non-ortho nitro benzene ring substituents is 1. The number of morpholine rings is 2. The summed E-state index contributed by atoms with van der Waals surface area (Å²) >= 11 is 0. The second kappa shape index (κ2) is 15.9. The minimum Gasteiger partial charge on any atom is -0.460 e. The summed E-state index contributed by atoms with van der Waals surface area (Å²) in [6.45, 7) is 4.10. The van der Waals surface area contributed by atoms with Gasteiger partial charge in [-0.3, -0.25) is 14.9 Å². The SMILES string of the molecule is Cc1ccc(S(=O)(=O)N2CCOCC2)cc1C(=O)N[C@H](COC(=O)c1cc(S(=O)(=O)N2CCOCC2)ccc1C)[C@H](O)c1ccc([N+](=O)[O-])cc1. The van der Waals surface area contributed by atoms with E-state index in [4.69, 9.17) is 14.2 Å². The number of aliphatic hydroxyl groups is 1. The molecule has 274 valence electrons. The molecule has 2 heterocycles. The van der Waals surface area contributed by atoms with Crippen LogP contribution in [0.1, 0.15) is 43.5 Å². The van der Waals surface area contributed by atoms with E-state index in [9.17, 15) is 41.6 Å². The highest BCUT2D eigenvalue weighted by Gasteiger charge is 2.31. The van der Waals surface area contributed by atoms with Crippen LogP contribution < -0.4 is 5.32 Å². The average molecular weight is 747 g/mol. The van der Waals surface area contributed by atoms with Crippen LogP contribution in [-0.2, 0) is 34.3 Å². The van der Waals surface area contributed by atoms with Crippen LogP contribution in [0.4, 0.5) is 5.69 Å². The van der Waals surface area contributed by atoms with Crippen molar-refractivity contribution < 1.29 is 50.7 Å². The highest BCUT2D eigenvalue weighted by atomic mass is 32.2. The van der Waals surface area contributed by atoms with E-state index in [0.29, 0.717) is 11.1 Å². The van der Waals surface area contributed by atoms with Crippen LogP contribution in [0.25, 0.3) is 0 Å². The molecule has 1 amide bonds. The fraction of sp³-hybridized carbons (Fsp3) is 0.394. The molecular weight excluding hydrogens is 709 g/mol. The molecule has 2 aliphatic heterocycles. The van der Waals surface area contributed by atoms with Crippen molar-refractivity contribution in [3.63, 3.8) is 0 Å². The minimum atomic E-state index is -3.96. The summed E-state index contributed by atoms with van der Waals surface area (Å²) in [5.74, 6) is -1.72. The molecule has 2 atom stereocenters. The van der Waals surface area contributed by atoms with E-state index in [1.807, 2.05) is 0 Å². The summed E-state index contributed by atoms with van der Waals surface area (Å²) in [6, 6.07) is 11.7. The molecule has 0 unspecified atom stereocenters. The molecule has 0 aliphatic carbocycles. The second-order valence-corrected chi connectivity index (χ2v) is 15.8. The monoisotopic (exact) mass is 746 g/mol. The number of benzene rings is 3. The Balaban J connectivity index is 1.40. The summed E-state index contributed by atoms with van der Waals surface area (Å²) in [7, 11) is -7.91. The molecule has 51 heavy (non-hydrogen) atoms. The highest BCUT2D eigenvalue weighted by Crippen LogP contribution is 2.25. The molecule has 0 aromatic heterocycles. The number of nitro benzene ring substituents is 1. The van der Waals surface area contributed by atoms with Crippen molar-refractivity contribution in [1.82, 2.24) is 13.9 Å². The quantitative estimate of drug-likeness (QED) is 0.155. The first-order valence-electron chi connectivity index (χ1n) is 16.0. The van der Waals surface area contributed by atoms with Crippen LogP contribution >= 0.6 is 0 Å². The van der Waals surface area contributed by atoms with Crippen molar-refractivity contribution in [3.05, 3.63) is 98.6 Å². The molecular formula is C33H38N4O12S2. The number of aryl methyl sites for hydroxylation is 2. The molecule has 3 aromatic carbocycles. The maximum Gasteiger partial charge on any atom is 0.338 e. The lowest BCUT2D eigenvalue weighted by Crippen LogP contribution is -2.43. The van der Waals surface area contributed by atoms with E-state index in [2.05, 4.69) is 5.32 Å². The fourth-order valence-corrected chi connectivity index (χ4v) is 8.46. The number of hydrogen-bond donors (Lipinski definition) is 2. The van der Waals surface area contributed by atoms with Crippen LogP contribution in [0.15, 0.2) is 70.5 Å². The number of nitrogens with one attached hydrogen (secondary N) is 1. The summed E-state index contributed by atoms with van der Waals surface area (Å²) in [5, 5.41) is 25.2. The second-order valence-electron chi connectivity index (χ2n) is 12.0.